The molecule has 4 rings (SSSR count). The van der Waals surface area contributed by atoms with E-state index in [2.05, 4.69) is 41.4 Å². The topological polar surface area (TPSA) is 32.3 Å². The van der Waals surface area contributed by atoms with Crippen LogP contribution in [0.3, 0.4) is 0 Å². The molecule has 0 aromatic heterocycles. The number of rotatable bonds is 3. The van der Waals surface area contributed by atoms with Gasteiger partial charge in [0.25, 0.3) is 0 Å². The number of amides is 1. The van der Waals surface area contributed by atoms with Gasteiger partial charge in [0, 0.05) is 31.1 Å². The van der Waals surface area contributed by atoms with Crippen molar-refractivity contribution in [1.29, 1.82) is 0 Å². The molecule has 0 radical (unpaired) electrons. The van der Waals surface area contributed by atoms with Crippen molar-refractivity contribution in [2.24, 2.45) is 5.92 Å². The number of benzene rings is 1. The predicted molar refractivity (Wildman–Crippen MR) is 96.7 cm³/mol. The average molecular weight is 326 g/mol. The van der Waals surface area contributed by atoms with Gasteiger partial charge in [-0.1, -0.05) is 29.8 Å². The van der Waals surface area contributed by atoms with Crippen LogP contribution in [-0.2, 0) is 11.3 Å². The molecule has 1 amide bonds. The zero-order valence-electron chi connectivity index (χ0n) is 14.9. The molecular formula is C21H30N2O. The number of hydrogen-bond acceptors (Lipinski definition) is 2. The minimum atomic E-state index is 0.217. The molecule has 3 fully saturated rings. The number of carbonyl (C=O) groups is 1. The molecule has 1 aromatic carbocycles. The Morgan fingerprint density at radius 2 is 2.17 bits per heavy atom. The number of aryl methyl sites for hydroxylation is 1. The van der Waals surface area contributed by atoms with E-state index < -0.39 is 0 Å². The van der Waals surface area contributed by atoms with Crippen molar-refractivity contribution in [3.05, 3.63) is 35.4 Å². The maximum atomic E-state index is 12.5. The third-order valence-corrected chi connectivity index (χ3v) is 6.71. The average Bonchev–Trinajstić information content (AvgIpc) is 2.94. The van der Waals surface area contributed by atoms with Crippen molar-refractivity contribution in [1.82, 2.24) is 10.2 Å². The number of hydrogen-bond donors (Lipinski definition) is 1. The molecule has 3 nitrogen and oxygen atoms in total. The largest absolute Gasteiger partial charge is 0.337 e. The lowest BCUT2D eigenvalue weighted by molar-refractivity contribution is -0.137. The van der Waals surface area contributed by atoms with Gasteiger partial charge in [-0.3, -0.25) is 4.79 Å². The van der Waals surface area contributed by atoms with Gasteiger partial charge in [-0.2, -0.15) is 0 Å². The SMILES string of the molecule is Cc1cccc(CN[C@@H]2CC[C@@]34CCCN3C(=O)CCC[C@H]4C2)c1. The molecule has 1 aliphatic carbocycles. The molecule has 1 saturated carbocycles. The monoisotopic (exact) mass is 326 g/mol. The van der Waals surface area contributed by atoms with Crippen LogP contribution in [-0.4, -0.2) is 28.9 Å². The van der Waals surface area contributed by atoms with E-state index in [0.717, 1.165) is 25.9 Å². The molecule has 1 N–H and O–H groups in total. The van der Waals surface area contributed by atoms with Crippen molar-refractivity contribution in [3.63, 3.8) is 0 Å². The highest BCUT2D eigenvalue weighted by atomic mass is 16.2. The van der Waals surface area contributed by atoms with E-state index >= 15 is 0 Å². The maximum absolute atomic E-state index is 12.5. The highest BCUT2D eigenvalue weighted by Crippen LogP contribution is 2.49. The zero-order chi connectivity index (χ0) is 16.6. The Balaban J connectivity index is 1.42. The molecule has 1 aromatic rings. The van der Waals surface area contributed by atoms with Crippen LogP contribution in [0.1, 0.15) is 62.5 Å². The van der Waals surface area contributed by atoms with Crippen LogP contribution in [0.15, 0.2) is 24.3 Å². The molecule has 2 aliphatic heterocycles. The van der Waals surface area contributed by atoms with Crippen LogP contribution >= 0.6 is 0 Å². The number of nitrogens with one attached hydrogen (secondary N) is 1. The van der Waals surface area contributed by atoms with Crippen molar-refractivity contribution in [3.8, 4) is 0 Å². The second kappa shape index (κ2) is 6.51. The highest BCUT2D eigenvalue weighted by molar-refractivity contribution is 5.78. The fourth-order valence-corrected chi connectivity index (χ4v) is 5.56. The normalized spacial score (nSPS) is 33.0. The molecule has 3 aliphatic rings. The second-order valence-electron chi connectivity index (χ2n) is 8.18. The first-order valence-electron chi connectivity index (χ1n) is 9.77. The first kappa shape index (κ1) is 16.1. The van der Waals surface area contributed by atoms with Crippen LogP contribution in [0.25, 0.3) is 0 Å². The summed E-state index contributed by atoms with van der Waals surface area (Å²) in [5.41, 5.74) is 2.93. The Labute approximate surface area is 145 Å². The summed E-state index contributed by atoms with van der Waals surface area (Å²) in [5.74, 6) is 1.14. The molecule has 0 bridgehead atoms. The fourth-order valence-electron chi connectivity index (χ4n) is 5.56. The minimum Gasteiger partial charge on any atom is -0.337 e. The van der Waals surface area contributed by atoms with Crippen LogP contribution < -0.4 is 5.32 Å². The van der Waals surface area contributed by atoms with Gasteiger partial charge in [-0.15, -0.1) is 0 Å². The molecular weight excluding hydrogens is 296 g/mol. The lowest BCUT2D eigenvalue weighted by Gasteiger charge is -2.48. The summed E-state index contributed by atoms with van der Waals surface area (Å²) in [4.78, 5) is 14.8. The van der Waals surface area contributed by atoms with Crippen molar-refractivity contribution in [2.75, 3.05) is 6.54 Å². The Morgan fingerprint density at radius 1 is 1.25 bits per heavy atom. The van der Waals surface area contributed by atoms with Crippen molar-refractivity contribution < 1.29 is 4.79 Å². The summed E-state index contributed by atoms with van der Waals surface area (Å²) in [7, 11) is 0. The van der Waals surface area contributed by atoms with Crippen LogP contribution in [0.4, 0.5) is 0 Å². The number of nitrogens with zero attached hydrogens (tertiary/aromatic N) is 1. The zero-order valence-corrected chi connectivity index (χ0v) is 14.9. The Hall–Kier alpha value is -1.35. The van der Waals surface area contributed by atoms with Crippen LogP contribution in [0.2, 0.25) is 0 Å². The first-order valence-corrected chi connectivity index (χ1v) is 9.77. The van der Waals surface area contributed by atoms with Gasteiger partial charge in [-0.05, 0) is 63.4 Å². The van der Waals surface area contributed by atoms with E-state index in [1.54, 1.807) is 0 Å². The van der Waals surface area contributed by atoms with E-state index in [-0.39, 0.29) is 5.54 Å². The van der Waals surface area contributed by atoms with Gasteiger partial charge in [0.05, 0.1) is 0 Å². The van der Waals surface area contributed by atoms with Gasteiger partial charge >= 0.3 is 0 Å². The molecule has 3 heteroatoms. The van der Waals surface area contributed by atoms with Crippen LogP contribution in [0, 0.1) is 12.8 Å². The second-order valence-corrected chi connectivity index (χ2v) is 8.18. The van der Waals surface area contributed by atoms with Gasteiger partial charge in [-0.25, -0.2) is 0 Å². The molecule has 24 heavy (non-hydrogen) atoms. The van der Waals surface area contributed by atoms with Crippen molar-refractivity contribution in [2.45, 2.75) is 76.4 Å². The molecule has 3 atom stereocenters. The van der Waals surface area contributed by atoms with Gasteiger partial charge in [0.15, 0.2) is 0 Å². The summed E-state index contributed by atoms with van der Waals surface area (Å²) in [5, 5.41) is 3.80. The standard InChI is InChI=1S/C21H30N2O/c1-16-5-2-6-17(13-16)15-22-19-9-11-21-10-4-12-23(21)20(24)8-3-7-18(21)14-19/h2,5-6,13,18-19,22H,3-4,7-12,14-15H2,1H3/t18-,19+,21+/m0/s1. The summed E-state index contributed by atoms with van der Waals surface area (Å²) >= 11 is 0. The third-order valence-electron chi connectivity index (χ3n) is 6.71. The summed E-state index contributed by atoms with van der Waals surface area (Å²) in [6.45, 7) is 4.14. The fraction of sp³-hybridized carbons (Fsp3) is 0.667. The molecule has 2 heterocycles. The smallest absolute Gasteiger partial charge is 0.223 e. The number of carbonyl (C=O) groups excluding carboxylic acids is 1. The van der Waals surface area contributed by atoms with E-state index in [9.17, 15) is 4.79 Å². The van der Waals surface area contributed by atoms with E-state index in [0.29, 0.717) is 17.9 Å². The Kier molecular flexibility index (Phi) is 4.38. The summed E-state index contributed by atoms with van der Waals surface area (Å²) in [6, 6.07) is 9.41. The van der Waals surface area contributed by atoms with Gasteiger partial charge < -0.3 is 10.2 Å². The summed E-state index contributed by atoms with van der Waals surface area (Å²) in [6.07, 6.45) is 9.23. The lowest BCUT2D eigenvalue weighted by Crippen LogP contribution is -2.55. The van der Waals surface area contributed by atoms with Crippen LogP contribution in [0.5, 0.6) is 0 Å². The van der Waals surface area contributed by atoms with Crippen molar-refractivity contribution >= 4 is 5.91 Å². The third kappa shape index (κ3) is 2.88. The predicted octanol–water partition coefficient (Wildman–Crippen LogP) is 3.80. The first-order chi connectivity index (χ1) is 11.7. The van der Waals surface area contributed by atoms with Gasteiger partial charge in [0.1, 0.15) is 0 Å². The van der Waals surface area contributed by atoms with E-state index in [1.807, 2.05) is 0 Å². The maximum Gasteiger partial charge on any atom is 0.223 e. The summed E-state index contributed by atoms with van der Waals surface area (Å²) < 4.78 is 0. The lowest BCUT2D eigenvalue weighted by atomic mass is 9.68. The molecule has 130 valence electrons. The quantitative estimate of drug-likeness (QED) is 0.916. The highest BCUT2D eigenvalue weighted by Gasteiger charge is 2.52. The Morgan fingerprint density at radius 3 is 3.04 bits per heavy atom. The van der Waals surface area contributed by atoms with E-state index in [1.165, 1.54) is 49.7 Å². The molecule has 0 unspecified atom stereocenters. The minimum absolute atomic E-state index is 0.217. The molecule has 2 saturated heterocycles. The molecule has 1 spiro atoms. The van der Waals surface area contributed by atoms with Gasteiger partial charge in [0.2, 0.25) is 5.91 Å². The van der Waals surface area contributed by atoms with E-state index in [4.69, 9.17) is 0 Å². The Bertz CT molecular complexity index is 614.